The first-order valence-corrected chi connectivity index (χ1v) is 18.1. The van der Waals surface area contributed by atoms with Gasteiger partial charge in [-0.2, -0.15) is 10.6 Å². The zero-order valence-electron chi connectivity index (χ0n) is 31.9. The van der Waals surface area contributed by atoms with Crippen LogP contribution < -0.4 is 25.8 Å². The molecule has 12 heteroatoms. The van der Waals surface area contributed by atoms with Crippen LogP contribution in [0.1, 0.15) is 68.6 Å². The zero-order chi connectivity index (χ0) is 38.0. The molecule has 5 rings (SSSR count). The molecule has 1 aliphatic carbocycles. The van der Waals surface area contributed by atoms with Crippen LogP contribution in [0.15, 0.2) is 60.8 Å². The van der Waals surface area contributed by atoms with Crippen LogP contribution in [0.2, 0.25) is 0 Å². The lowest BCUT2D eigenvalue weighted by Gasteiger charge is -2.40. The minimum Gasteiger partial charge on any atom is -0.496 e. The summed E-state index contributed by atoms with van der Waals surface area (Å²) in [7, 11) is 6.89. The van der Waals surface area contributed by atoms with E-state index in [1.54, 1.807) is 25.4 Å². The number of nitrogens with zero attached hydrogens (tertiary/aromatic N) is 3. The van der Waals surface area contributed by atoms with Gasteiger partial charge in [0.05, 0.1) is 32.1 Å². The second-order valence-corrected chi connectivity index (χ2v) is 14.8. The maximum absolute atomic E-state index is 13.5. The second-order valence-electron chi connectivity index (χ2n) is 14.8. The van der Waals surface area contributed by atoms with Crippen molar-refractivity contribution in [2.45, 2.75) is 72.2 Å². The molecule has 4 N–H and O–H groups in total. The Morgan fingerprint density at radius 1 is 1.13 bits per heavy atom. The Bertz CT molecular complexity index is 1620. The molecule has 2 aliphatic rings. The van der Waals surface area contributed by atoms with E-state index in [1.165, 1.54) is 37.0 Å². The number of methoxy groups -OCH3 is 1. The van der Waals surface area contributed by atoms with Gasteiger partial charge in [-0.25, -0.2) is 0 Å². The number of aliphatic hydroxyl groups excluding tert-OH is 1. The lowest BCUT2D eigenvalue weighted by atomic mass is 9.65. The number of anilines is 1. The van der Waals surface area contributed by atoms with Crippen molar-refractivity contribution in [2.75, 3.05) is 46.3 Å². The number of benzene rings is 2. The van der Waals surface area contributed by atoms with Crippen LogP contribution in [0.4, 0.5) is 10.2 Å². The Kier molecular flexibility index (Phi) is 14.5. The summed E-state index contributed by atoms with van der Waals surface area (Å²) in [6.07, 6.45) is 5.41. The van der Waals surface area contributed by atoms with Gasteiger partial charge in [0.2, 0.25) is 0 Å². The fraction of sp³-hybridized carbons (Fsp3) is 0.525. The summed E-state index contributed by atoms with van der Waals surface area (Å²) in [6.45, 7) is 10.1. The smallest absolute Gasteiger partial charge is 0.267 e. The van der Waals surface area contributed by atoms with Gasteiger partial charge in [-0.05, 0) is 59.6 Å². The second kappa shape index (κ2) is 18.6. The highest BCUT2D eigenvalue weighted by Crippen LogP contribution is 2.43. The Balaban J connectivity index is 0.000000521. The summed E-state index contributed by atoms with van der Waals surface area (Å²) >= 11 is 0. The van der Waals surface area contributed by atoms with Gasteiger partial charge in [0, 0.05) is 68.7 Å². The number of para-hydroxylation sites is 1. The number of halogens is 1. The molecular weight excluding hydrogens is 663 g/mol. The molecule has 284 valence electrons. The highest BCUT2D eigenvalue weighted by Gasteiger charge is 2.47. The minimum atomic E-state index is -1.09. The molecule has 0 bridgehead atoms. The van der Waals surface area contributed by atoms with Gasteiger partial charge in [0.25, 0.3) is 11.8 Å². The topological polar surface area (TPSA) is 128 Å². The number of carbonyl (C=O) groups is 2. The SMILES string of the molecule is CC1CCCC(C)(C)[C@H]1C.CNC(=O)c1cc(-c2cccc(CN3OC(CNCc4ccccn4)C(CO)C3C(=O)NF)c2OC)cc(N(C)C)c1. The van der Waals surface area contributed by atoms with E-state index in [-0.39, 0.29) is 19.1 Å². The summed E-state index contributed by atoms with van der Waals surface area (Å²) in [5, 5.41) is 17.5. The molecular formula is C40H57FN6O5. The molecule has 2 fully saturated rings. The van der Waals surface area contributed by atoms with Crippen LogP contribution in [0, 0.1) is 23.2 Å². The molecule has 3 aromatic rings. The van der Waals surface area contributed by atoms with E-state index >= 15 is 0 Å². The number of pyridine rings is 1. The van der Waals surface area contributed by atoms with Gasteiger partial charge in [0.15, 0.2) is 0 Å². The Labute approximate surface area is 308 Å². The predicted octanol–water partition coefficient (Wildman–Crippen LogP) is 5.53. The first-order chi connectivity index (χ1) is 24.8. The predicted molar refractivity (Wildman–Crippen MR) is 202 cm³/mol. The fourth-order valence-electron chi connectivity index (χ4n) is 7.28. The average molecular weight is 721 g/mol. The molecule has 5 atom stereocenters. The van der Waals surface area contributed by atoms with Crippen molar-refractivity contribution in [1.82, 2.24) is 26.2 Å². The van der Waals surface area contributed by atoms with Gasteiger partial charge in [-0.3, -0.25) is 19.4 Å². The Morgan fingerprint density at radius 3 is 2.50 bits per heavy atom. The van der Waals surface area contributed by atoms with Crippen molar-refractivity contribution < 1.29 is 28.8 Å². The van der Waals surface area contributed by atoms with Crippen LogP contribution in [0.3, 0.4) is 0 Å². The standard InChI is InChI=1S/C30H37FN6O5.C10H20/c1-32-29(39)21-12-20(13-23(14-21)36(2)3)24-10-7-8-19(28(24)41-4)17-37-27(30(40)35-31)25(18-38)26(42-37)16-33-15-22-9-5-6-11-34-22;1-8-6-5-7-10(3,4)9(8)2/h5-14,25-27,33,38H,15-18H2,1-4H3,(H,32,39)(H,35,40);8-9H,5-7H2,1-4H3/t;8?,9-/m.0/s1. The van der Waals surface area contributed by atoms with E-state index in [0.717, 1.165) is 34.3 Å². The highest BCUT2D eigenvalue weighted by molar-refractivity contribution is 5.97. The summed E-state index contributed by atoms with van der Waals surface area (Å²) < 4.78 is 19.3. The molecule has 2 aromatic carbocycles. The number of aliphatic hydroxyl groups is 1. The van der Waals surface area contributed by atoms with Crippen molar-refractivity contribution in [3.8, 4) is 16.9 Å². The molecule has 2 heterocycles. The van der Waals surface area contributed by atoms with Crippen molar-refractivity contribution in [1.29, 1.82) is 0 Å². The zero-order valence-corrected chi connectivity index (χ0v) is 31.9. The van der Waals surface area contributed by atoms with E-state index in [1.807, 2.05) is 61.5 Å². The molecule has 1 aromatic heterocycles. The lowest BCUT2D eigenvalue weighted by Crippen LogP contribution is -2.45. The van der Waals surface area contributed by atoms with Crippen molar-refractivity contribution >= 4 is 17.5 Å². The molecule has 1 saturated carbocycles. The maximum Gasteiger partial charge on any atom is 0.267 e. The number of hydroxylamine groups is 2. The van der Waals surface area contributed by atoms with Crippen LogP contribution >= 0.6 is 0 Å². The molecule has 0 spiro atoms. The number of hydrogen-bond acceptors (Lipinski definition) is 9. The molecule has 2 amide bonds. The molecule has 52 heavy (non-hydrogen) atoms. The van der Waals surface area contributed by atoms with E-state index in [0.29, 0.717) is 35.4 Å². The van der Waals surface area contributed by atoms with E-state index in [4.69, 9.17) is 9.57 Å². The van der Waals surface area contributed by atoms with Crippen molar-refractivity contribution in [2.24, 2.45) is 23.2 Å². The summed E-state index contributed by atoms with van der Waals surface area (Å²) in [5.74, 6) is 0.545. The molecule has 1 saturated heterocycles. The fourth-order valence-corrected chi connectivity index (χ4v) is 7.28. The third-order valence-electron chi connectivity index (χ3n) is 10.8. The Hall–Kier alpha value is -4.10. The lowest BCUT2D eigenvalue weighted by molar-refractivity contribution is -0.176. The van der Waals surface area contributed by atoms with Crippen LogP contribution in [0.5, 0.6) is 5.75 Å². The normalized spacial score (nSPS) is 22.5. The monoisotopic (exact) mass is 720 g/mol. The third kappa shape index (κ3) is 9.86. The first-order valence-electron chi connectivity index (χ1n) is 18.1. The van der Waals surface area contributed by atoms with E-state index in [2.05, 4.69) is 43.3 Å². The van der Waals surface area contributed by atoms with Crippen LogP contribution in [0.25, 0.3) is 11.1 Å². The van der Waals surface area contributed by atoms with Crippen molar-refractivity contribution in [3.63, 3.8) is 0 Å². The summed E-state index contributed by atoms with van der Waals surface area (Å²) in [4.78, 5) is 37.5. The average Bonchev–Trinajstić information content (AvgIpc) is 3.49. The van der Waals surface area contributed by atoms with E-state index < -0.39 is 24.0 Å². The number of rotatable bonds is 12. The largest absolute Gasteiger partial charge is 0.496 e. The Morgan fingerprint density at radius 2 is 1.90 bits per heavy atom. The number of hydrogen-bond donors (Lipinski definition) is 4. The van der Waals surface area contributed by atoms with Gasteiger partial charge in [-0.15, -0.1) is 4.48 Å². The molecule has 4 unspecified atom stereocenters. The quantitative estimate of drug-likeness (QED) is 0.179. The van der Waals surface area contributed by atoms with Gasteiger partial charge < -0.3 is 25.4 Å². The maximum atomic E-state index is 13.5. The van der Waals surface area contributed by atoms with Crippen LogP contribution in [-0.4, -0.2) is 80.5 Å². The van der Waals surface area contributed by atoms with Crippen LogP contribution in [-0.2, 0) is 22.7 Å². The molecule has 1 aliphatic heterocycles. The minimum absolute atomic E-state index is 0.0675. The molecule has 11 nitrogen and oxygen atoms in total. The van der Waals surface area contributed by atoms with Gasteiger partial charge in [-0.1, -0.05) is 64.8 Å². The van der Waals surface area contributed by atoms with Crippen molar-refractivity contribution in [3.05, 3.63) is 77.6 Å². The first kappa shape index (κ1) is 40.7. The number of carbonyl (C=O) groups excluding carboxylic acids is 2. The van der Waals surface area contributed by atoms with Gasteiger partial charge in [0.1, 0.15) is 11.8 Å². The van der Waals surface area contributed by atoms with Gasteiger partial charge >= 0.3 is 0 Å². The number of amides is 2. The third-order valence-corrected chi connectivity index (χ3v) is 10.8. The summed E-state index contributed by atoms with van der Waals surface area (Å²) in [6, 6.07) is 15.6. The number of aromatic nitrogens is 1. The van der Waals surface area contributed by atoms with E-state index in [9.17, 15) is 19.2 Å². The molecule has 0 radical (unpaired) electrons. The number of ether oxygens (including phenoxy) is 1. The summed E-state index contributed by atoms with van der Waals surface area (Å²) in [5.41, 5.74) is 6.11. The highest BCUT2D eigenvalue weighted by atomic mass is 19.2. The number of nitrogens with one attached hydrogen (secondary N) is 3.